The maximum absolute atomic E-state index is 9.68. The summed E-state index contributed by atoms with van der Waals surface area (Å²) < 4.78 is 0. The van der Waals surface area contributed by atoms with Crippen molar-refractivity contribution in [2.45, 2.75) is 32.6 Å². The van der Waals surface area contributed by atoms with Crippen molar-refractivity contribution in [3.63, 3.8) is 0 Å². The van der Waals surface area contributed by atoms with Crippen LogP contribution < -0.4 is 0 Å². The zero-order chi connectivity index (χ0) is 14.4. The number of nitrogens with zero attached hydrogens (tertiary/aromatic N) is 4. The van der Waals surface area contributed by atoms with Gasteiger partial charge < -0.3 is 4.90 Å². The fourth-order valence-corrected chi connectivity index (χ4v) is 2.44. The van der Waals surface area contributed by atoms with Crippen molar-refractivity contribution in [3.8, 4) is 0 Å². The third-order valence-electron chi connectivity index (χ3n) is 3.37. The second kappa shape index (κ2) is 7.31. The lowest BCUT2D eigenvalue weighted by atomic mass is 10.2. The summed E-state index contributed by atoms with van der Waals surface area (Å²) in [6.45, 7) is 3.72. The van der Waals surface area contributed by atoms with E-state index in [1.54, 1.807) is 25.3 Å². The summed E-state index contributed by atoms with van der Waals surface area (Å²) in [5.41, 5.74) is 1.24. The Labute approximate surface area is 124 Å². The summed E-state index contributed by atoms with van der Waals surface area (Å²) in [5, 5.41) is 19.5. The van der Waals surface area contributed by atoms with Gasteiger partial charge in [0.2, 0.25) is 5.11 Å². The molecule has 108 valence electrons. The molecule has 0 atom stereocenters. The van der Waals surface area contributed by atoms with E-state index < -0.39 is 0 Å². The van der Waals surface area contributed by atoms with Crippen molar-refractivity contribution in [2.24, 2.45) is 10.2 Å². The van der Waals surface area contributed by atoms with E-state index in [2.05, 4.69) is 15.1 Å². The highest BCUT2D eigenvalue weighted by Crippen LogP contribution is 2.16. The van der Waals surface area contributed by atoms with Crippen LogP contribution in [0.15, 0.2) is 46.1 Å². The molecule has 0 spiro atoms. The van der Waals surface area contributed by atoms with Gasteiger partial charge in [-0.25, -0.2) is 5.06 Å². The highest BCUT2D eigenvalue weighted by molar-refractivity contribution is 7.80. The van der Waals surface area contributed by atoms with E-state index in [1.807, 2.05) is 6.08 Å². The first-order valence-electron chi connectivity index (χ1n) is 6.93. The van der Waals surface area contributed by atoms with Gasteiger partial charge in [0.15, 0.2) is 0 Å². The van der Waals surface area contributed by atoms with E-state index in [-0.39, 0.29) is 0 Å². The van der Waals surface area contributed by atoms with Crippen molar-refractivity contribution >= 4 is 17.3 Å². The normalized spacial score (nSPS) is 22.3. The van der Waals surface area contributed by atoms with Gasteiger partial charge in [0.25, 0.3) is 0 Å². The molecule has 1 saturated heterocycles. The highest BCUT2D eigenvalue weighted by atomic mass is 32.1. The molecule has 2 heterocycles. The molecule has 0 aromatic heterocycles. The Kier molecular flexibility index (Phi) is 5.43. The SMILES string of the molecule is C/C(N=NC(=S)N1CCCCCC1)=C1/C=CC=CN1O. The summed E-state index contributed by atoms with van der Waals surface area (Å²) >= 11 is 5.32. The summed E-state index contributed by atoms with van der Waals surface area (Å²) in [4.78, 5) is 2.11. The Bertz CT molecular complexity index is 474. The number of thiocarbonyl (C=S) groups is 1. The molecule has 5 nitrogen and oxygen atoms in total. The minimum Gasteiger partial charge on any atom is -0.346 e. The fourth-order valence-electron chi connectivity index (χ4n) is 2.22. The first kappa shape index (κ1) is 14.9. The Balaban J connectivity index is 2.01. The first-order valence-corrected chi connectivity index (χ1v) is 7.34. The van der Waals surface area contributed by atoms with E-state index in [9.17, 15) is 5.21 Å². The monoisotopic (exact) mass is 292 g/mol. The third-order valence-corrected chi connectivity index (χ3v) is 3.71. The lowest BCUT2D eigenvalue weighted by Gasteiger charge is -2.19. The van der Waals surface area contributed by atoms with Gasteiger partial charge >= 0.3 is 0 Å². The quantitative estimate of drug-likeness (QED) is 0.592. The van der Waals surface area contributed by atoms with E-state index in [0.29, 0.717) is 16.5 Å². The van der Waals surface area contributed by atoms with Gasteiger partial charge in [0, 0.05) is 19.3 Å². The van der Waals surface area contributed by atoms with Gasteiger partial charge in [-0.15, -0.1) is 5.11 Å². The van der Waals surface area contributed by atoms with Crippen LogP contribution in [0.5, 0.6) is 0 Å². The molecule has 20 heavy (non-hydrogen) atoms. The predicted molar refractivity (Wildman–Crippen MR) is 82.1 cm³/mol. The summed E-state index contributed by atoms with van der Waals surface area (Å²) in [7, 11) is 0. The summed E-state index contributed by atoms with van der Waals surface area (Å²) in [6.07, 6.45) is 11.8. The highest BCUT2D eigenvalue weighted by Gasteiger charge is 2.12. The van der Waals surface area contributed by atoms with Crippen LogP contribution in [0.4, 0.5) is 0 Å². The van der Waals surface area contributed by atoms with Crippen molar-refractivity contribution in [2.75, 3.05) is 13.1 Å². The number of rotatable bonds is 1. The number of hydrogen-bond donors (Lipinski definition) is 1. The third kappa shape index (κ3) is 3.98. The number of allylic oxidation sites excluding steroid dienone is 4. The summed E-state index contributed by atoms with van der Waals surface area (Å²) in [5.74, 6) is 0. The van der Waals surface area contributed by atoms with Crippen LogP contribution in [0.25, 0.3) is 0 Å². The molecular formula is C14H20N4OS. The Morgan fingerprint density at radius 3 is 2.50 bits per heavy atom. The lowest BCUT2D eigenvalue weighted by Crippen LogP contribution is -2.28. The van der Waals surface area contributed by atoms with Gasteiger partial charge in [-0.1, -0.05) is 18.9 Å². The molecule has 0 radical (unpaired) electrons. The standard InChI is InChI=1S/C14H20N4OS/c1-12(13-8-4-7-11-18(13)19)15-16-14(20)17-9-5-2-3-6-10-17/h4,7-8,11,19H,2-3,5-6,9-10H2,1H3/b13-12+,16-15?. The van der Waals surface area contributed by atoms with Gasteiger partial charge in [0.05, 0.1) is 11.4 Å². The van der Waals surface area contributed by atoms with E-state index in [0.717, 1.165) is 31.0 Å². The maximum Gasteiger partial charge on any atom is 0.216 e. The molecule has 6 heteroatoms. The smallest absolute Gasteiger partial charge is 0.216 e. The molecule has 0 saturated carbocycles. The fraction of sp³-hybridized carbons (Fsp3) is 0.500. The molecule has 0 aromatic rings. The second-order valence-electron chi connectivity index (χ2n) is 4.90. The molecule has 0 amide bonds. The Hall–Kier alpha value is -1.53. The molecule has 2 aliphatic rings. The van der Waals surface area contributed by atoms with Crippen LogP contribution in [0.1, 0.15) is 32.6 Å². The van der Waals surface area contributed by atoms with Crippen LogP contribution in [-0.4, -0.2) is 33.4 Å². The molecule has 0 aliphatic carbocycles. The van der Waals surface area contributed by atoms with Crippen molar-refractivity contribution < 1.29 is 5.21 Å². The summed E-state index contributed by atoms with van der Waals surface area (Å²) in [6, 6.07) is 0. The molecule has 0 bridgehead atoms. The second-order valence-corrected chi connectivity index (χ2v) is 5.26. The van der Waals surface area contributed by atoms with Crippen molar-refractivity contribution in [1.29, 1.82) is 0 Å². The molecule has 2 aliphatic heterocycles. The first-order chi connectivity index (χ1) is 9.68. The number of likely N-dealkylation sites (tertiary alicyclic amines) is 1. The van der Waals surface area contributed by atoms with Crippen molar-refractivity contribution in [3.05, 3.63) is 35.8 Å². The van der Waals surface area contributed by atoms with Gasteiger partial charge in [0.1, 0.15) is 0 Å². The number of hydrogen-bond acceptors (Lipinski definition) is 4. The van der Waals surface area contributed by atoms with Crippen molar-refractivity contribution in [1.82, 2.24) is 9.96 Å². The van der Waals surface area contributed by atoms with E-state index in [4.69, 9.17) is 12.2 Å². The largest absolute Gasteiger partial charge is 0.346 e. The average molecular weight is 292 g/mol. The Morgan fingerprint density at radius 1 is 1.15 bits per heavy atom. The molecule has 0 unspecified atom stereocenters. The molecule has 2 rings (SSSR count). The zero-order valence-corrected chi connectivity index (χ0v) is 12.5. The minimum atomic E-state index is 0.534. The van der Waals surface area contributed by atoms with Gasteiger partial charge in [-0.3, -0.25) is 5.21 Å². The van der Waals surface area contributed by atoms with E-state index in [1.165, 1.54) is 12.8 Å². The van der Waals surface area contributed by atoms with Crippen LogP contribution in [0.3, 0.4) is 0 Å². The van der Waals surface area contributed by atoms with Crippen LogP contribution >= 0.6 is 12.2 Å². The topological polar surface area (TPSA) is 51.4 Å². The van der Waals surface area contributed by atoms with Crippen LogP contribution in [0, 0.1) is 0 Å². The van der Waals surface area contributed by atoms with Gasteiger partial charge in [-0.05, 0) is 44.1 Å². The number of azo groups is 1. The molecular weight excluding hydrogens is 272 g/mol. The van der Waals surface area contributed by atoms with Crippen LogP contribution in [-0.2, 0) is 0 Å². The number of hydroxylamine groups is 2. The lowest BCUT2D eigenvalue weighted by molar-refractivity contribution is -0.00149. The van der Waals surface area contributed by atoms with Gasteiger partial charge in [-0.2, -0.15) is 5.11 Å². The molecule has 1 N–H and O–H groups in total. The zero-order valence-electron chi connectivity index (χ0n) is 11.7. The molecule has 1 fully saturated rings. The van der Waals surface area contributed by atoms with Crippen LogP contribution in [0.2, 0.25) is 0 Å². The Morgan fingerprint density at radius 2 is 1.85 bits per heavy atom. The maximum atomic E-state index is 9.68. The average Bonchev–Trinajstić information content (AvgIpc) is 2.74. The predicted octanol–water partition coefficient (Wildman–Crippen LogP) is 3.61. The minimum absolute atomic E-state index is 0.534. The van der Waals surface area contributed by atoms with E-state index >= 15 is 0 Å². The molecule has 0 aromatic carbocycles.